The zero-order valence-electron chi connectivity index (χ0n) is 34.5. The summed E-state index contributed by atoms with van der Waals surface area (Å²) in [5.41, 5.74) is 5.31. The molecule has 0 rings (SSSR count). The average molecular weight is 828 g/mol. The van der Waals surface area contributed by atoms with Crippen LogP contribution in [-0.4, -0.2) is 94.1 Å². The van der Waals surface area contributed by atoms with Crippen LogP contribution in [-0.2, 0) is 32.7 Å². The van der Waals surface area contributed by atoms with Crippen molar-refractivity contribution in [3.05, 3.63) is 72.9 Å². The summed E-state index contributed by atoms with van der Waals surface area (Å²) < 4.78 is 32.4. The van der Waals surface area contributed by atoms with Gasteiger partial charge in [0.2, 0.25) is 0 Å². The third-order valence-corrected chi connectivity index (χ3v) is 9.37. The number of aliphatic hydroxyl groups excluding tert-OH is 4. The number of carbonyl (C=O) groups excluding carboxylic acids is 2. The summed E-state index contributed by atoms with van der Waals surface area (Å²) in [4.78, 5) is 34.8. The van der Waals surface area contributed by atoms with Crippen LogP contribution in [0.4, 0.5) is 0 Å². The number of ether oxygens (including phenoxy) is 2. The monoisotopic (exact) mass is 827 g/mol. The van der Waals surface area contributed by atoms with E-state index < -0.39 is 63.5 Å². The summed E-state index contributed by atoms with van der Waals surface area (Å²) in [7, 11) is -4.49. The number of rotatable bonds is 37. The Hall–Kier alpha value is -2.71. The van der Waals surface area contributed by atoms with Crippen LogP contribution in [0.5, 0.6) is 0 Å². The lowest BCUT2D eigenvalue weighted by Gasteiger charge is -2.20. The smallest absolute Gasteiger partial charge is 0.462 e. The molecule has 328 valence electrons. The number of unbranched alkanes of at least 4 members (excludes halogenated alkanes) is 12. The topological polar surface area (TPSA) is 215 Å². The fourth-order valence-corrected chi connectivity index (χ4v) is 5.99. The number of hydrogen-bond acceptors (Lipinski definition) is 12. The van der Waals surface area contributed by atoms with E-state index in [1.54, 1.807) is 43.4 Å². The second kappa shape index (κ2) is 37.6. The third kappa shape index (κ3) is 38.6. The van der Waals surface area contributed by atoms with E-state index in [2.05, 4.69) is 6.92 Å². The van der Waals surface area contributed by atoms with Crippen molar-refractivity contribution in [2.24, 2.45) is 5.73 Å². The minimum Gasteiger partial charge on any atom is -0.462 e. The molecule has 0 heterocycles. The highest BCUT2D eigenvalue weighted by atomic mass is 31.2. The van der Waals surface area contributed by atoms with E-state index in [0.717, 1.165) is 19.3 Å². The van der Waals surface area contributed by atoms with Crippen molar-refractivity contribution >= 4 is 19.8 Å². The molecule has 0 aliphatic carbocycles. The molecule has 57 heavy (non-hydrogen) atoms. The molecule has 13 nitrogen and oxygen atoms in total. The Bertz CT molecular complexity index is 1230. The summed E-state index contributed by atoms with van der Waals surface area (Å²) in [5.74, 6) is -1.24. The van der Waals surface area contributed by atoms with E-state index in [1.165, 1.54) is 76.0 Å². The number of phosphoric acid groups is 1. The van der Waals surface area contributed by atoms with Gasteiger partial charge < -0.3 is 40.5 Å². The molecule has 0 aliphatic heterocycles. The number of phosphoric ester groups is 1. The molecule has 0 spiro atoms. The quantitative estimate of drug-likeness (QED) is 0.0119. The van der Waals surface area contributed by atoms with Crippen LogP contribution in [0.2, 0.25) is 0 Å². The Morgan fingerprint density at radius 2 is 1.28 bits per heavy atom. The molecule has 14 heteroatoms. The van der Waals surface area contributed by atoms with Gasteiger partial charge in [-0.3, -0.25) is 18.6 Å². The van der Waals surface area contributed by atoms with Gasteiger partial charge in [-0.25, -0.2) is 4.57 Å². The van der Waals surface area contributed by atoms with E-state index in [9.17, 15) is 39.5 Å². The summed E-state index contributed by atoms with van der Waals surface area (Å²) in [6.45, 7) is 2.68. The zero-order chi connectivity index (χ0) is 42.4. The molecule has 0 fully saturated rings. The van der Waals surface area contributed by atoms with Crippen LogP contribution < -0.4 is 5.73 Å². The molecular weight excluding hydrogens is 753 g/mol. The second-order valence-electron chi connectivity index (χ2n) is 14.0. The summed E-state index contributed by atoms with van der Waals surface area (Å²) in [6.07, 6.45) is 31.7. The van der Waals surface area contributed by atoms with Crippen LogP contribution in [0, 0.1) is 0 Å². The lowest BCUT2D eigenvalue weighted by Crippen LogP contribution is -2.30. The minimum atomic E-state index is -4.49. The van der Waals surface area contributed by atoms with Crippen molar-refractivity contribution in [2.45, 2.75) is 160 Å². The maximum absolute atomic E-state index is 12.6. The SMILES string of the molecule is CCCCCCCCCCCCCCCC(=O)OCC(COP(=O)(O)OCCN)OC(=O)CCC(O)/C=C/C(O)/C=C/C=C/C=C\C(O)C/C=C/C/C=C\C(C)O. The number of allylic oxidation sites excluding steroid dienone is 6. The molecule has 0 saturated carbocycles. The lowest BCUT2D eigenvalue weighted by molar-refractivity contribution is -0.161. The predicted molar refractivity (Wildman–Crippen MR) is 225 cm³/mol. The van der Waals surface area contributed by atoms with E-state index in [1.807, 2.05) is 18.2 Å². The van der Waals surface area contributed by atoms with Crippen molar-refractivity contribution in [3.8, 4) is 0 Å². The molecule has 0 aromatic carbocycles. The Kier molecular flexibility index (Phi) is 35.8. The van der Waals surface area contributed by atoms with Crippen LogP contribution in [0.1, 0.15) is 129 Å². The highest BCUT2D eigenvalue weighted by Crippen LogP contribution is 2.43. The largest absolute Gasteiger partial charge is 0.472 e. The molecule has 6 atom stereocenters. The molecule has 0 aromatic rings. The van der Waals surface area contributed by atoms with Gasteiger partial charge in [-0.05, 0) is 32.6 Å². The Labute approximate surface area is 342 Å². The van der Waals surface area contributed by atoms with Gasteiger partial charge in [-0.15, -0.1) is 0 Å². The first-order valence-electron chi connectivity index (χ1n) is 20.8. The van der Waals surface area contributed by atoms with E-state index in [0.29, 0.717) is 19.3 Å². The van der Waals surface area contributed by atoms with Crippen molar-refractivity contribution in [1.82, 2.24) is 0 Å². The van der Waals surface area contributed by atoms with Crippen LogP contribution >= 0.6 is 7.82 Å². The molecule has 0 aromatic heterocycles. The van der Waals surface area contributed by atoms with Gasteiger partial charge in [0.25, 0.3) is 0 Å². The van der Waals surface area contributed by atoms with Crippen molar-refractivity contribution in [3.63, 3.8) is 0 Å². The maximum Gasteiger partial charge on any atom is 0.472 e. The first kappa shape index (κ1) is 54.3. The molecule has 0 aliphatic rings. The number of carbonyl (C=O) groups is 2. The third-order valence-electron chi connectivity index (χ3n) is 8.39. The number of aliphatic hydroxyl groups is 4. The molecule has 0 amide bonds. The normalized spacial score (nSPS) is 16.3. The maximum atomic E-state index is 12.6. The first-order chi connectivity index (χ1) is 27.4. The molecule has 7 N–H and O–H groups in total. The summed E-state index contributed by atoms with van der Waals surface area (Å²) >= 11 is 0. The average Bonchev–Trinajstić information content (AvgIpc) is 3.17. The van der Waals surface area contributed by atoms with Gasteiger partial charge in [0.05, 0.1) is 37.6 Å². The van der Waals surface area contributed by atoms with Gasteiger partial charge in [-0.1, -0.05) is 157 Å². The van der Waals surface area contributed by atoms with Crippen LogP contribution in [0.3, 0.4) is 0 Å². The number of nitrogens with two attached hydrogens (primary N) is 1. The number of hydrogen-bond donors (Lipinski definition) is 6. The minimum absolute atomic E-state index is 0.0147. The van der Waals surface area contributed by atoms with Crippen LogP contribution in [0.15, 0.2) is 72.9 Å². The Morgan fingerprint density at radius 1 is 0.667 bits per heavy atom. The standard InChI is InChI=1S/C43H74NO12P/c1-3-4-5-6-7-8-9-10-11-12-13-14-23-28-42(49)53-35-41(36-55-57(51,52)54-34-33-44)56-43(50)32-31-40(48)30-29-39(47)27-22-18-17-21-26-38(46)25-20-16-15-19-24-37(2)45/h16-22,24,26-27,29-30,37-41,45-48H,3-15,23,25,28,31-36,44H2,1-2H3,(H,51,52)/b18-17+,20-16+,24-19-,26-21-,27-22+,30-29+. The molecule has 0 bridgehead atoms. The zero-order valence-corrected chi connectivity index (χ0v) is 35.4. The summed E-state index contributed by atoms with van der Waals surface area (Å²) in [6, 6.07) is 0. The van der Waals surface area contributed by atoms with Gasteiger partial charge in [0.1, 0.15) is 6.61 Å². The van der Waals surface area contributed by atoms with Gasteiger partial charge in [0, 0.05) is 19.4 Å². The molecule has 0 saturated heterocycles. The Morgan fingerprint density at radius 3 is 1.89 bits per heavy atom. The van der Waals surface area contributed by atoms with E-state index >= 15 is 0 Å². The molecule has 6 unspecified atom stereocenters. The van der Waals surface area contributed by atoms with E-state index in [4.69, 9.17) is 24.3 Å². The predicted octanol–water partition coefficient (Wildman–Crippen LogP) is 7.38. The number of esters is 2. The molecular formula is C43H74NO12P. The van der Waals surface area contributed by atoms with Crippen LogP contribution in [0.25, 0.3) is 0 Å². The highest BCUT2D eigenvalue weighted by Gasteiger charge is 2.26. The van der Waals surface area contributed by atoms with Gasteiger partial charge in [0.15, 0.2) is 6.10 Å². The highest BCUT2D eigenvalue weighted by molar-refractivity contribution is 7.47. The fraction of sp³-hybridized carbons (Fsp3) is 0.674. The molecule has 0 radical (unpaired) electrons. The second-order valence-corrected chi connectivity index (χ2v) is 15.4. The summed E-state index contributed by atoms with van der Waals surface area (Å²) in [5, 5.41) is 39.6. The van der Waals surface area contributed by atoms with Gasteiger partial charge in [-0.2, -0.15) is 0 Å². The van der Waals surface area contributed by atoms with Gasteiger partial charge >= 0.3 is 19.8 Å². The van der Waals surface area contributed by atoms with E-state index in [-0.39, 0.29) is 32.4 Å². The fourth-order valence-electron chi connectivity index (χ4n) is 5.22. The lowest BCUT2D eigenvalue weighted by atomic mass is 10.0. The van der Waals surface area contributed by atoms with Crippen molar-refractivity contribution in [1.29, 1.82) is 0 Å². The van der Waals surface area contributed by atoms with Crippen molar-refractivity contribution in [2.75, 3.05) is 26.4 Å². The van der Waals surface area contributed by atoms with Crippen molar-refractivity contribution < 1.29 is 58.0 Å². The first-order valence-corrected chi connectivity index (χ1v) is 22.3. The Balaban J connectivity index is 4.62.